The van der Waals surface area contributed by atoms with E-state index in [9.17, 15) is 9.59 Å². The number of carbonyl (C=O) groups is 2. The van der Waals surface area contributed by atoms with Gasteiger partial charge < -0.3 is 9.80 Å². The highest BCUT2D eigenvalue weighted by molar-refractivity contribution is 5.95. The van der Waals surface area contributed by atoms with Gasteiger partial charge in [-0.2, -0.15) is 0 Å². The molecular weight excluding hydrogens is 288 g/mol. The number of nitrogens with zero attached hydrogens (tertiary/aromatic N) is 2. The number of hydrogen-bond acceptors (Lipinski definition) is 2. The van der Waals surface area contributed by atoms with Crippen LogP contribution in [0.2, 0.25) is 0 Å². The van der Waals surface area contributed by atoms with Crippen LogP contribution in [0.3, 0.4) is 0 Å². The lowest BCUT2D eigenvalue weighted by molar-refractivity contribution is -0.136. The van der Waals surface area contributed by atoms with Crippen LogP contribution in [0.5, 0.6) is 0 Å². The molecule has 1 aliphatic carbocycles. The van der Waals surface area contributed by atoms with E-state index in [1.807, 2.05) is 47.1 Å². The summed E-state index contributed by atoms with van der Waals surface area (Å²) in [4.78, 5) is 29.3. The third-order valence-corrected chi connectivity index (χ3v) is 5.38. The average Bonchev–Trinajstić information content (AvgIpc) is 3.29. The summed E-state index contributed by atoms with van der Waals surface area (Å²) >= 11 is 0. The van der Waals surface area contributed by atoms with E-state index in [0.717, 1.165) is 30.4 Å². The number of aryl methyl sites for hydroxylation is 1. The van der Waals surface area contributed by atoms with Crippen molar-refractivity contribution in [1.29, 1.82) is 0 Å². The summed E-state index contributed by atoms with van der Waals surface area (Å²) in [5.74, 6) is 0.429. The minimum atomic E-state index is 0.0651. The maximum absolute atomic E-state index is 12.7. The Kier molecular flexibility index (Phi) is 3.47. The monoisotopic (exact) mass is 310 g/mol. The van der Waals surface area contributed by atoms with Gasteiger partial charge in [0, 0.05) is 18.7 Å². The molecule has 2 bridgehead atoms. The molecule has 0 spiro atoms. The Morgan fingerprint density at radius 2 is 1.91 bits per heavy atom. The third-order valence-electron chi connectivity index (χ3n) is 5.38. The molecule has 2 aliphatic heterocycles. The van der Waals surface area contributed by atoms with E-state index in [0.29, 0.717) is 13.1 Å². The Bertz CT molecular complexity index is 682. The first-order chi connectivity index (χ1) is 11.1. The summed E-state index contributed by atoms with van der Waals surface area (Å²) in [6.45, 7) is 3.38. The van der Waals surface area contributed by atoms with Crippen molar-refractivity contribution < 1.29 is 9.59 Å². The van der Waals surface area contributed by atoms with Gasteiger partial charge in [-0.25, -0.2) is 0 Å². The van der Waals surface area contributed by atoms with Crippen LogP contribution in [0, 0.1) is 12.8 Å². The Hall–Kier alpha value is -2.10. The van der Waals surface area contributed by atoms with Crippen molar-refractivity contribution in [2.24, 2.45) is 5.92 Å². The van der Waals surface area contributed by atoms with Crippen LogP contribution in [-0.2, 0) is 4.79 Å². The smallest absolute Gasteiger partial charge is 0.254 e. The van der Waals surface area contributed by atoms with Crippen LogP contribution in [0.25, 0.3) is 0 Å². The number of fused-ring (bicyclic) bond motifs is 2. The maximum Gasteiger partial charge on any atom is 0.254 e. The summed E-state index contributed by atoms with van der Waals surface area (Å²) in [5.41, 5.74) is 1.86. The van der Waals surface area contributed by atoms with E-state index in [1.165, 1.54) is 0 Å². The van der Waals surface area contributed by atoms with E-state index in [4.69, 9.17) is 0 Å². The minimum Gasteiger partial charge on any atom is -0.335 e. The number of allylic oxidation sites excluding steroid dienone is 1. The van der Waals surface area contributed by atoms with Gasteiger partial charge in [0.2, 0.25) is 5.91 Å². The van der Waals surface area contributed by atoms with E-state index < -0.39 is 0 Å². The fourth-order valence-corrected chi connectivity index (χ4v) is 4.18. The first-order valence-corrected chi connectivity index (χ1v) is 8.48. The van der Waals surface area contributed by atoms with Gasteiger partial charge in [-0.3, -0.25) is 9.59 Å². The van der Waals surface area contributed by atoms with E-state index in [1.54, 1.807) is 0 Å². The molecule has 2 saturated heterocycles. The molecule has 1 aromatic carbocycles. The SMILES string of the molecule is Cc1cccc(C(=O)N2C[C@@H]3C[C@H]2CN3C(=O)C2C=CCC2)c1. The van der Waals surface area contributed by atoms with E-state index >= 15 is 0 Å². The fraction of sp³-hybridized carbons (Fsp3) is 0.474. The molecule has 4 nitrogen and oxygen atoms in total. The predicted octanol–water partition coefficient (Wildman–Crippen LogP) is 2.39. The first-order valence-electron chi connectivity index (χ1n) is 8.48. The molecule has 1 unspecified atom stereocenters. The van der Waals surface area contributed by atoms with Gasteiger partial charge in [-0.15, -0.1) is 0 Å². The van der Waals surface area contributed by atoms with Crippen LogP contribution in [0.15, 0.2) is 36.4 Å². The molecule has 1 aromatic rings. The van der Waals surface area contributed by atoms with Gasteiger partial charge in [-0.1, -0.05) is 29.8 Å². The Morgan fingerprint density at radius 3 is 2.57 bits per heavy atom. The summed E-state index contributed by atoms with van der Waals surface area (Å²) in [6.07, 6.45) is 7.03. The number of amides is 2. The van der Waals surface area contributed by atoms with Gasteiger partial charge >= 0.3 is 0 Å². The molecule has 23 heavy (non-hydrogen) atoms. The number of likely N-dealkylation sites (tertiary alicyclic amines) is 2. The molecule has 0 saturated carbocycles. The highest BCUT2D eigenvalue weighted by Crippen LogP contribution is 2.34. The molecule has 3 aliphatic rings. The van der Waals surface area contributed by atoms with Crippen molar-refractivity contribution in [1.82, 2.24) is 9.80 Å². The van der Waals surface area contributed by atoms with E-state index in [-0.39, 0.29) is 29.8 Å². The number of rotatable bonds is 2. The van der Waals surface area contributed by atoms with Crippen molar-refractivity contribution in [3.05, 3.63) is 47.5 Å². The van der Waals surface area contributed by atoms with Gasteiger partial charge in [0.05, 0.1) is 18.0 Å². The topological polar surface area (TPSA) is 40.6 Å². The quantitative estimate of drug-likeness (QED) is 0.787. The highest BCUT2D eigenvalue weighted by atomic mass is 16.2. The lowest BCUT2D eigenvalue weighted by Crippen LogP contribution is -2.51. The molecule has 4 rings (SSSR count). The summed E-state index contributed by atoms with van der Waals surface area (Å²) in [7, 11) is 0. The zero-order chi connectivity index (χ0) is 16.0. The number of hydrogen-bond donors (Lipinski definition) is 0. The Balaban J connectivity index is 1.45. The number of piperazine rings is 1. The fourth-order valence-electron chi connectivity index (χ4n) is 4.18. The molecule has 2 fully saturated rings. The summed E-state index contributed by atoms with van der Waals surface area (Å²) < 4.78 is 0. The van der Waals surface area contributed by atoms with Crippen molar-refractivity contribution in [3.8, 4) is 0 Å². The Morgan fingerprint density at radius 1 is 1.13 bits per heavy atom. The minimum absolute atomic E-state index is 0.0651. The van der Waals surface area contributed by atoms with Crippen molar-refractivity contribution in [3.63, 3.8) is 0 Å². The van der Waals surface area contributed by atoms with Crippen LogP contribution in [0.1, 0.15) is 35.2 Å². The lowest BCUT2D eigenvalue weighted by atomic mass is 10.1. The highest BCUT2D eigenvalue weighted by Gasteiger charge is 2.47. The molecule has 0 N–H and O–H groups in total. The second kappa shape index (κ2) is 5.52. The Labute approximate surface area is 136 Å². The molecule has 0 aromatic heterocycles. The van der Waals surface area contributed by atoms with Crippen molar-refractivity contribution in [2.45, 2.75) is 38.3 Å². The molecule has 2 amide bonds. The largest absolute Gasteiger partial charge is 0.335 e. The average molecular weight is 310 g/mol. The number of benzene rings is 1. The van der Waals surface area contributed by atoms with Gasteiger partial charge in [0.25, 0.3) is 5.91 Å². The van der Waals surface area contributed by atoms with Crippen LogP contribution >= 0.6 is 0 Å². The molecular formula is C19H22N2O2. The van der Waals surface area contributed by atoms with Gasteiger partial charge in [0.1, 0.15) is 0 Å². The maximum atomic E-state index is 12.7. The van der Waals surface area contributed by atoms with Gasteiger partial charge in [0.15, 0.2) is 0 Å². The van der Waals surface area contributed by atoms with Crippen molar-refractivity contribution >= 4 is 11.8 Å². The van der Waals surface area contributed by atoms with E-state index in [2.05, 4.69) is 6.08 Å². The predicted molar refractivity (Wildman–Crippen MR) is 88.0 cm³/mol. The summed E-state index contributed by atoms with van der Waals surface area (Å²) in [6, 6.07) is 8.15. The van der Waals surface area contributed by atoms with Crippen molar-refractivity contribution in [2.75, 3.05) is 13.1 Å². The molecule has 4 heteroatoms. The molecule has 120 valence electrons. The molecule has 3 atom stereocenters. The second-order valence-corrected chi connectivity index (χ2v) is 6.97. The molecule has 2 heterocycles. The molecule has 0 radical (unpaired) electrons. The van der Waals surface area contributed by atoms with Crippen LogP contribution in [0.4, 0.5) is 0 Å². The number of carbonyl (C=O) groups excluding carboxylic acids is 2. The van der Waals surface area contributed by atoms with Crippen LogP contribution < -0.4 is 0 Å². The van der Waals surface area contributed by atoms with Gasteiger partial charge in [-0.05, 0) is 38.3 Å². The van der Waals surface area contributed by atoms with Crippen LogP contribution in [-0.4, -0.2) is 46.8 Å². The standard InChI is InChI=1S/C19H22N2O2/c1-13-5-4-8-15(9-13)19(23)21-12-16-10-17(21)11-20(16)18(22)14-6-2-3-7-14/h2,4-6,8-9,14,16-17H,3,7,10-12H2,1H3/t14?,16-,17-/m0/s1. The normalized spacial score (nSPS) is 28.7. The zero-order valence-electron chi connectivity index (χ0n) is 13.4. The lowest BCUT2D eigenvalue weighted by Gasteiger charge is -2.35. The zero-order valence-corrected chi connectivity index (χ0v) is 13.4. The first kappa shape index (κ1) is 14.5. The third kappa shape index (κ3) is 2.46. The summed E-state index contributed by atoms with van der Waals surface area (Å²) in [5, 5.41) is 0. The second-order valence-electron chi connectivity index (χ2n) is 6.97.